The van der Waals surface area contributed by atoms with Crippen LogP contribution in [0.25, 0.3) is 22.1 Å². The van der Waals surface area contributed by atoms with Gasteiger partial charge in [0.2, 0.25) is 11.5 Å². The number of hydrogen-bond acceptors (Lipinski definition) is 5. The summed E-state index contributed by atoms with van der Waals surface area (Å²) in [5, 5.41) is 0.783. The molecular formula is C22H21N3O4. The third kappa shape index (κ3) is 3.71. The zero-order valence-electron chi connectivity index (χ0n) is 16.3. The van der Waals surface area contributed by atoms with E-state index in [4.69, 9.17) is 9.15 Å². The predicted molar refractivity (Wildman–Crippen MR) is 110 cm³/mol. The van der Waals surface area contributed by atoms with E-state index in [1.807, 2.05) is 49.4 Å². The van der Waals surface area contributed by atoms with Crippen molar-refractivity contribution >= 4 is 28.0 Å². The maximum Gasteiger partial charge on any atom is 0.297 e. The van der Waals surface area contributed by atoms with Gasteiger partial charge in [-0.2, -0.15) is 0 Å². The minimum absolute atomic E-state index is 0.105. The number of ether oxygens (including phenoxy) is 1. The molecule has 0 unspecified atom stereocenters. The number of amides is 1. The fourth-order valence-electron chi connectivity index (χ4n) is 3.21. The van der Waals surface area contributed by atoms with Crippen LogP contribution in [0.2, 0.25) is 0 Å². The van der Waals surface area contributed by atoms with Gasteiger partial charge in [0.1, 0.15) is 23.4 Å². The number of aromatic nitrogens is 2. The van der Waals surface area contributed by atoms with Crippen molar-refractivity contribution in [3.63, 3.8) is 0 Å². The molecule has 0 bridgehead atoms. The Labute approximate surface area is 167 Å². The highest BCUT2D eigenvalue weighted by Gasteiger charge is 2.16. The monoisotopic (exact) mass is 391 g/mol. The summed E-state index contributed by atoms with van der Waals surface area (Å²) in [6.07, 6.45) is 1.40. The van der Waals surface area contributed by atoms with E-state index in [-0.39, 0.29) is 23.6 Å². The van der Waals surface area contributed by atoms with Crippen LogP contribution in [0.3, 0.4) is 0 Å². The first-order valence-electron chi connectivity index (χ1n) is 9.39. The molecule has 148 valence electrons. The van der Waals surface area contributed by atoms with Crippen molar-refractivity contribution < 1.29 is 13.9 Å². The largest absolute Gasteiger partial charge is 0.494 e. The minimum Gasteiger partial charge on any atom is -0.494 e. The van der Waals surface area contributed by atoms with Crippen LogP contribution in [0, 0.1) is 0 Å². The first-order chi connectivity index (χ1) is 14.1. The van der Waals surface area contributed by atoms with E-state index in [0.717, 1.165) is 16.7 Å². The molecule has 0 spiro atoms. The molecule has 2 aromatic heterocycles. The molecule has 1 amide bonds. The number of carbonyl (C=O) groups excluding carboxylic acids is 1. The molecule has 0 aliphatic rings. The van der Waals surface area contributed by atoms with Crippen LogP contribution in [-0.2, 0) is 17.9 Å². The molecule has 0 atom stereocenters. The second-order valence-corrected chi connectivity index (χ2v) is 6.78. The molecule has 7 heteroatoms. The van der Waals surface area contributed by atoms with E-state index < -0.39 is 0 Å². The fraction of sp³-hybridized carbons (Fsp3) is 0.227. The maximum absolute atomic E-state index is 12.8. The van der Waals surface area contributed by atoms with E-state index in [1.54, 1.807) is 18.0 Å². The quantitative estimate of drug-likeness (QED) is 0.504. The molecule has 0 aliphatic carbocycles. The Balaban J connectivity index is 1.51. The lowest BCUT2D eigenvalue weighted by Crippen LogP contribution is -2.33. The zero-order valence-corrected chi connectivity index (χ0v) is 16.3. The van der Waals surface area contributed by atoms with Crippen molar-refractivity contribution in [3.8, 4) is 5.75 Å². The summed E-state index contributed by atoms with van der Waals surface area (Å²) in [5.74, 6) is 0.597. The molecule has 4 rings (SSSR count). The van der Waals surface area contributed by atoms with Gasteiger partial charge in [0.15, 0.2) is 0 Å². The summed E-state index contributed by atoms with van der Waals surface area (Å²) in [4.78, 5) is 31.3. The highest BCUT2D eigenvalue weighted by Crippen LogP contribution is 2.24. The lowest BCUT2D eigenvalue weighted by atomic mass is 10.2. The Bertz CT molecular complexity index is 1220. The molecule has 0 radical (unpaired) electrons. The number of benzene rings is 2. The Morgan fingerprint density at radius 3 is 2.69 bits per heavy atom. The molecule has 0 N–H and O–H groups in total. The van der Waals surface area contributed by atoms with Crippen molar-refractivity contribution in [2.75, 3.05) is 13.7 Å². The summed E-state index contributed by atoms with van der Waals surface area (Å²) in [7, 11) is 1.71. The van der Waals surface area contributed by atoms with Gasteiger partial charge in [0.05, 0.1) is 12.9 Å². The van der Waals surface area contributed by atoms with Crippen LogP contribution in [0.1, 0.15) is 12.5 Å². The fourth-order valence-corrected chi connectivity index (χ4v) is 3.21. The molecular weight excluding hydrogens is 370 g/mol. The SMILES string of the molecule is CCOc1ccc(CN(C)C(=O)Cn2cnc3c(oc4ccccc43)c2=O)cc1. The number of hydrogen-bond donors (Lipinski definition) is 0. The second-order valence-electron chi connectivity index (χ2n) is 6.78. The summed E-state index contributed by atoms with van der Waals surface area (Å²) in [6, 6.07) is 14.9. The summed E-state index contributed by atoms with van der Waals surface area (Å²) in [5.41, 5.74) is 1.88. The van der Waals surface area contributed by atoms with Crippen LogP contribution in [0.5, 0.6) is 5.75 Å². The number of fused-ring (bicyclic) bond motifs is 3. The summed E-state index contributed by atoms with van der Waals surface area (Å²) in [6.45, 7) is 2.86. The predicted octanol–water partition coefficient (Wildman–Crippen LogP) is 3.20. The first-order valence-corrected chi connectivity index (χ1v) is 9.39. The van der Waals surface area contributed by atoms with Gasteiger partial charge < -0.3 is 14.1 Å². The smallest absolute Gasteiger partial charge is 0.297 e. The molecule has 29 heavy (non-hydrogen) atoms. The number of rotatable bonds is 6. The van der Waals surface area contributed by atoms with Gasteiger partial charge in [-0.15, -0.1) is 0 Å². The topological polar surface area (TPSA) is 77.6 Å². The lowest BCUT2D eigenvalue weighted by molar-refractivity contribution is -0.131. The van der Waals surface area contributed by atoms with E-state index in [0.29, 0.717) is 24.3 Å². The third-order valence-electron chi connectivity index (χ3n) is 4.74. The van der Waals surface area contributed by atoms with Crippen LogP contribution in [0.4, 0.5) is 0 Å². The van der Waals surface area contributed by atoms with Crippen molar-refractivity contribution in [2.24, 2.45) is 0 Å². The van der Waals surface area contributed by atoms with Gasteiger partial charge in [-0.1, -0.05) is 24.3 Å². The van der Waals surface area contributed by atoms with Gasteiger partial charge in [-0.25, -0.2) is 4.98 Å². The van der Waals surface area contributed by atoms with E-state index >= 15 is 0 Å². The molecule has 2 heterocycles. The molecule has 0 fully saturated rings. The normalized spacial score (nSPS) is 11.1. The number of carbonyl (C=O) groups is 1. The van der Waals surface area contributed by atoms with Crippen LogP contribution in [-0.4, -0.2) is 34.0 Å². The second kappa shape index (κ2) is 7.79. The standard InChI is InChI=1S/C22H21N3O4/c1-3-28-16-10-8-15(9-11-16)12-24(2)19(26)13-25-14-23-20-17-6-4-5-7-18(17)29-21(20)22(25)27/h4-11,14H,3,12-13H2,1-2H3. The van der Waals surface area contributed by atoms with Crippen LogP contribution >= 0.6 is 0 Å². The van der Waals surface area contributed by atoms with Gasteiger partial charge in [0, 0.05) is 19.0 Å². The molecule has 2 aromatic carbocycles. The number of nitrogens with zero attached hydrogens (tertiary/aromatic N) is 3. The molecule has 0 aliphatic heterocycles. The van der Waals surface area contributed by atoms with Crippen molar-refractivity contribution in [2.45, 2.75) is 20.0 Å². The molecule has 7 nitrogen and oxygen atoms in total. The van der Waals surface area contributed by atoms with Gasteiger partial charge in [-0.05, 0) is 36.8 Å². The maximum atomic E-state index is 12.8. The first kappa shape index (κ1) is 18.7. The third-order valence-corrected chi connectivity index (χ3v) is 4.74. The lowest BCUT2D eigenvalue weighted by Gasteiger charge is -2.18. The van der Waals surface area contributed by atoms with Crippen LogP contribution < -0.4 is 10.3 Å². The highest BCUT2D eigenvalue weighted by molar-refractivity contribution is 6.01. The minimum atomic E-state index is -0.367. The molecule has 4 aromatic rings. The van der Waals surface area contributed by atoms with E-state index in [1.165, 1.54) is 10.9 Å². The summed E-state index contributed by atoms with van der Waals surface area (Å²) >= 11 is 0. The highest BCUT2D eigenvalue weighted by atomic mass is 16.5. The van der Waals surface area contributed by atoms with E-state index in [2.05, 4.69) is 4.98 Å². The van der Waals surface area contributed by atoms with Crippen LogP contribution in [0.15, 0.2) is 64.1 Å². The average molecular weight is 391 g/mol. The number of para-hydroxylation sites is 1. The van der Waals surface area contributed by atoms with E-state index in [9.17, 15) is 9.59 Å². The van der Waals surface area contributed by atoms with Gasteiger partial charge in [-0.3, -0.25) is 14.2 Å². The van der Waals surface area contributed by atoms with Crippen molar-refractivity contribution in [1.82, 2.24) is 14.5 Å². The Morgan fingerprint density at radius 1 is 1.17 bits per heavy atom. The average Bonchev–Trinajstić information content (AvgIpc) is 3.11. The molecule has 0 saturated heterocycles. The van der Waals surface area contributed by atoms with Crippen molar-refractivity contribution in [3.05, 3.63) is 70.8 Å². The Kier molecular flexibility index (Phi) is 5.03. The number of likely N-dealkylation sites (N-methyl/N-ethyl adjacent to an activating group) is 1. The van der Waals surface area contributed by atoms with Crippen molar-refractivity contribution in [1.29, 1.82) is 0 Å². The summed E-state index contributed by atoms with van der Waals surface area (Å²) < 4.78 is 12.4. The number of furan rings is 1. The Morgan fingerprint density at radius 2 is 1.93 bits per heavy atom. The zero-order chi connectivity index (χ0) is 20.4. The van der Waals surface area contributed by atoms with Gasteiger partial charge >= 0.3 is 0 Å². The van der Waals surface area contributed by atoms with Gasteiger partial charge in [0.25, 0.3) is 5.56 Å². The molecule has 0 saturated carbocycles. The Hall–Kier alpha value is -3.61.